The summed E-state index contributed by atoms with van der Waals surface area (Å²) in [6.45, 7) is 3.40. The predicted octanol–water partition coefficient (Wildman–Crippen LogP) is 2.26. The topological polar surface area (TPSA) is 79.5 Å². The first-order valence-electron chi connectivity index (χ1n) is 5.67. The summed E-state index contributed by atoms with van der Waals surface area (Å²) < 4.78 is 9.84. The van der Waals surface area contributed by atoms with Gasteiger partial charge in [0.05, 0.1) is 13.2 Å². The van der Waals surface area contributed by atoms with Crippen LogP contribution < -0.4 is 4.74 Å². The molecule has 1 aromatic rings. The molecule has 1 rings (SSSR count). The zero-order chi connectivity index (χ0) is 14.4. The number of hydrogen-bond acceptors (Lipinski definition) is 5. The van der Waals surface area contributed by atoms with Crippen molar-refractivity contribution in [1.29, 1.82) is 5.26 Å². The minimum atomic E-state index is -0.687. The number of esters is 1. The summed E-state index contributed by atoms with van der Waals surface area (Å²) in [5, 5.41) is 18.5. The van der Waals surface area contributed by atoms with E-state index in [0.29, 0.717) is 11.3 Å². The molecule has 0 aromatic heterocycles. The van der Waals surface area contributed by atoms with Crippen LogP contribution >= 0.6 is 0 Å². The van der Waals surface area contributed by atoms with Crippen molar-refractivity contribution >= 4 is 12.0 Å². The van der Waals surface area contributed by atoms with Gasteiger partial charge in [-0.3, -0.25) is 0 Å². The first-order valence-corrected chi connectivity index (χ1v) is 5.67. The summed E-state index contributed by atoms with van der Waals surface area (Å²) >= 11 is 0. The second-order valence-corrected chi connectivity index (χ2v) is 4.06. The van der Waals surface area contributed by atoms with Gasteiger partial charge < -0.3 is 14.6 Å². The minimum absolute atomic E-state index is 0.0641. The molecule has 0 amide bonds. The van der Waals surface area contributed by atoms with E-state index in [1.54, 1.807) is 32.0 Å². The fourth-order valence-corrected chi connectivity index (χ4v) is 1.38. The smallest absolute Gasteiger partial charge is 0.349 e. The van der Waals surface area contributed by atoms with Gasteiger partial charge in [0.25, 0.3) is 0 Å². The Kier molecular flexibility index (Phi) is 4.95. The van der Waals surface area contributed by atoms with Gasteiger partial charge in [0, 0.05) is 0 Å². The van der Waals surface area contributed by atoms with Crippen LogP contribution in [-0.4, -0.2) is 24.3 Å². The van der Waals surface area contributed by atoms with Crippen molar-refractivity contribution in [2.24, 2.45) is 0 Å². The maximum atomic E-state index is 11.6. The minimum Gasteiger partial charge on any atom is -0.504 e. The fourth-order valence-electron chi connectivity index (χ4n) is 1.38. The average molecular weight is 261 g/mol. The van der Waals surface area contributed by atoms with Crippen LogP contribution in [-0.2, 0) is 9.53 Å². The highest BCUT2D eigenvalue weighted by Gasteiger charge is 2.12. The maximum absolute atomic E-state index is 11.6. The third-order valence-electron chi connectivity index (χ3n) is 2.20. The second kappa shape index (κ2) is 6.45. The Morgan fingerprint density at radius 1 is 1.47 bits per heavy atom. The molecule has 5 nitrogen and oxygen atoms in total. The molecular weight excluding hydrogens is 246 g/mol. The number of aromatic hydroxyl groups is 1. The monoisotopic (exact) mass is 261 g/mol. The molecule has 0 heterocycles. The molecule has 1 N–H and O–H groups in total. The number of phenolic OH excluding ortho intramolecular Hbond substituents is 1. The molecule has 0 fully saturated rings. The number of benzene rings is 1. The molecule has 0 aliphatic carbocycles. The molecule has 0 saturated heterocycles. The van der Waals surface area contributed by atoms with Crippen molar-refractivity contribution in [3.8, 4) is 17.6 Å². The third-order valence-corrected chi connectivity index (χ3v) is 2.20. The van der Waals surface area contributed by atoms with E-state index in [1.807, 2.05) is 0 Å². The average Bonchev–Trinajstić information content (AvgIpc) is 2.35. The maximum Gasteiger partial charge on any atom is 0.349 e. The number of phenols is 1. The van der Waals surface area contributed by atoms with E-state index in [0.717, 1.165) is 0 Å². The van der Waals surface area contributed by atoms with E-state index < -0.39 is 5.97 Å². The quantitative estimate of drug-likeness (QED) is 0.511. The van der Waals surface area contributed by atoms with E-state index in [1.165, 1.54) is 19.3 Å². The standard InChI is InChI=1S/C14H15NO4/c1-9(2)19-14(17)11(8-15)6-10-4-5-13(18-3)12(16)7-10/h4-7,9,16H,1-3H3. The largest absolute Gasteiger partial charge is 0.504 e. The van der Waals surface area contributed by atoms with Crippen LogP contribution in [0.5, 0.6) is 11.5 Å². The Morgan fingerprint density at radius 3 is 2.63 bits per heavy atom. The van der Waals surface area contributed by atoms with E-state index in [4.69, 9.17) is 14.7 Å². The zero-order valence-electron chi connectivity index (χ0n) is 11.0. The number of ether oxygens (including phenoxy) is 2. The number of rotatable bonds is 4. The first-order chi connectivity index (χ1) is 8.97. The predicted molar refractivity (Wildman–Crippen MR) is 69.5 cm³/mol. The molecule has 1 aromatic carbocycles. The molecule has 0 saturated carbocycles. The van der Waals surface area contributed by atoms with Gasteiger partial charge in [0.2, 0.25) is 0 Å². The zero-order valence-corrected chi connectivity index (χ0v) is 11.0. The van der Waals surface area contributed by atoms with Crippen molar-refractivity contribution in [3.63, 3.8) is 0 Å². The Bertz CT molecular complexity index is 541. The molecular formula is C14H15NO4. The van der Waals surface area contributed by atoms with Crippen molar-refractivity contribution in [1.82, 2.24) is 0 Å². The highest BCUT2D eigenvalue weighted by molar-refractivity contribution is 5.98. The third kappa shape index (κ3) is 4.03. The van der Waals surface area contributed by atoms with E-state index in [2.05, 4.69) is 0 Å². The molecule has 0 aliphatic rings. The molecule has 0 unspecified atom stereocenters. The number of carbonyl (C=O) groups excluding carboxylic acids is 1. The summed E-state index contributed by atoms with van der Waals surface area (Å²) in [5.41, 5.74) is 0.383. The van der Waals surface area contributed by atoms with Crippen LogP contribution in [0, 0.1) is 11.3 Å². The number of methoxy groups -OCH3 is 1. The van der Waals surface area contributed by atoms with Gasteiger partial charge in [0.1, 0.15) is 11.6 Å². The molecule has 0 spiro atoms. The fraction of sp³-hybridized carbons (Fsp3) is 0.286. The molecule has 0 radical (unpaired) electrons. The van der Waals surface area contributed by atoms with E-state index in [9.17, 15) is 9.90 Å². The van der Waals surface area contributed by atoms with E-state index >= 15 is 0 Å². The lowest BCUT2D eigenvalue weighted by atomic mass is 10.1. The number of hydrogen-bond donors (Lipinski definition) is 1. The summed E-state index contributed by atoms with van der Waals surface area (Å²) in [6.07, 6.45) is 1.05. The Morgan fingerprint density at radius 2 is 2.16 bits per heavy atom. The molecule has 100 valence electrons. The summed E-state index contributed by atoms with van der Waals surface area (Å²) in [4.78, 5) is 11.6. The van der Waals surface area contributed by atoms with Crippen LogP contribution in [0.15, 0.2) is 23.8 Å². The van der Waals surface area contributed by atoms with Gasteiger partial charge in [0.15, 0.2) is 11.5 Å². The summed E-state index contributed by atoms with van der Waals surface area (Å²) in [6, 6.07) is 6.35. The summed E-state index contributed by atoms with van der Waals surface area (Å²) in [5.74, 6) is -0.431. The van der Waals surface area contributed by atoms with Crippen LogP contribution in [0.2, 0.25) is 0 Å². The molecule has 0 atom stereocenters. The Balaban J connectivity index is 3.02. The van der Waals surface area contributed by atoms with Gasteiger partial charge in [-0.1, -0.05) is 6.07 Å². The van der Waals surface area contributed by atoms with Gasteiger partial charge in [-0.05, 0) is 37.6 Å². The van der Waals surface area contributed by atoms with Crippen molar-refractivity contribution in [2.75, 3.05) is 7.11 Å². The lowest BCUT2D eigenvalue weighted by molar-refractivity contribution is -0.142. The van der Waals surface area contributed by atoms with E-state index in [-0.39, 0.29) is 17.4 Å². The Labute approximate surface area is 111 Å². The van der Waals surface area contributed by atoms with Gasteiger partial charge in [-0.25, -0.2) is 4.79 Å². The molecule has 19 heavy (non-hydrogen) atoms. The van der Waals surface area contributed by atoms with Crippen LogP contribution in [0.25, 0.3) is 6.08 Å². The molecule has 5 heteroatoms. The summed E-state index contributed by atoms with van der Waals surface area (Å²) in [7, 11) is 1.44. The van der Waals surface area contributed by atoms with Crippen LogP contribution in [0.4, 0.5) is 0 Å². The van der Waals surface area contributed by atoms with Gasteiger partial charge >= 0.3 is 5.97 Å². The van der Waals surface area contributed by atoms with Gasteiger partial charge in [-0.2, -0.15) is 5.26 Å². The lowest BCUT2D eigenvalue weighted by Crippen LogP contribution is -2.12. The SMILES string of the molecule is COc1ccc(C=C(C#N)C(=O)OC(C)C)cc1O. The Hall–Kier alpha value is -2.48. The first kappa shape index (κ1) is 14.6. The van der Waals surface area contributed by atoms with Crippen LogP contribution in [0.1, 0.15) is 19.4 Å². The lowest BCUT2D eigenvalue weighted by Gasteiger charge is -2.07. The molecule has 0 aliphatic heterocycles. The number of carbonyl (C=O) groups is 1. The highest BCUT2D eigenvalue weighted by Crippen LogP contribution is 2.27. The molecule has 0 bridgehead atoms. The number of nitriles is 1. The highest BCUT2D eigenvalue weighted by atomic mass is 16.5. The normalized spacial score (nSPS) is 11.0. The van der Waals surface area contributed by atoms with Crippen LogP contribution in [0.3, 0.4) is 0 Å². The second-order valence-electron chi connectivity index (χ2n) is 4.06. The van der Waals surface area contributed by atoms with Crippen molar-refractivity contribution in [3.05, 3.63) is 29.3 Å². The van der Waals surface area contributed by atoms with Crippen molar-refractivity contribution in [2.45, 2.75) is 20.0 Å². The van der Waals surface area contributed by atoms with Crippen molar-refractivity contribution < 1.29 is 19.4 Å². The number of nitrogens with zero attached hydrogens (tertiary/aromatic N) is 1. The van der Waals surface area contributed by atoms with Gasteiger partial charge in [-0.15, -0.1) is 0 Å².